The van der Waals surface area contributed by atoms with Crippen LogP contribution in [0.2, 0.25) is 0 Å². The minimum atomic E-state index is 0.426. The van der Waals surface area contributed by atoms with Gasteiger partial charge in [0.15, 0.2) is 0 Å². The van der Waals surface area contributed by atoms with Crippen molar-refractivity contribution >= 4 is 34.6 Å². The van der Waals surface area contributed by atoms with Crippen molar-refractivity contribution < 1.29 is 9.13 Å². The molecule has 5 rings (SSSR count). The van der Waals surface area contributed by atoms with Gasteiger partial charge in [0.25, 0.3) is 0 Å². The molecule has 1 fully saturated rings. The normalized spacial score (nSPS) is 17.9. The van der Waals surface area contributed by atoms with E-state index in [0.29, 0.717) is 12.1 Å². The van der Waals surface area contributed by atoms with Crippen LogP contribution in [0.25, 0.3) is 0 Å². The van der Waals surface area contributed by atoms with Gasteiger partial charge in [-0.3, -0.25) is 0 Å². The highest BCUT2D eigenvalue weighted by molar-refractivity contribution is 5.53. The molecule has 1 aliphatic rings. The molecule has 196 valence electrons. The lowest BCUT2D eigenvalue weighted by atomic mass is 9.90. The van der Waals surface area contributed by atoms with Crippen molar-refractivity contribution in [3.8, 4) is 0 Å². The Balaban J connectivity index is 1.13. The van der Waals surface area contributed by atoms with E-state index in [0.717, 1.165) is 41.1 Å². The van der Waals surface area contributed by atoms with E-state index < -0.39 is 0 Å². The number of anilines is 2. The van der Waals surface area contributed by atoms with E-state index in [-0.39, 0.29) is 0 Å². The van der Waals surface area contributed by atoms with Crippen LogP contribution >= 0.6 is 0 Å². The standard InChI is InChI=1S/C28H34N10/c1-35-16-17-36(2)27(35)33-31-23-12-8-21(9-13-23)29-25-6-5-7-26(20-25)30-22-10-14-24(15-11-22)32-34-28-37(3)18-19-38(28)4/h8-19,25-26H,5-7,20H2,1-4H3/p+2. The molecule has 0 aliphatic heterocycles. The number of hydrogen-bond donors (Lipinski definition) is 2. The van der Waals surface area contributed by atoms with Gasteiger partial charge in [0.1, 0.15) is 11.4 Å². The van der Waals surface area contributed by atoms with Crippen molar-refractivity contribution in [2.45, 2.75) is 37.8 Å². The molecule has 0 bridgehead atoms. The molecule has 4 aromatic rings. The Kier molecular flexibility index (Phi) is 7.57. The molecule has 0 radical (unpaired) electrons. The highest BCUT2D eigenvalue weighted by Crippen LogP contribution is 2.27. The fraction of sp³-hybridized carbons (Fsp3) is 0.357. The number of aryl methyl sites for hydroxylation is 4. The molecule has 2 unspecified atom stereocenters. The Morgan fingerprint density at radius 3 is 1.45 bits per heavy atom. The zero-order valence-corrected chi connectivity index (χ0v) is 22.5. The first-order valence-corrected chi connectivity index (χ1v) is 13.0. The summed E-state index contributed by atoms with van der Waals surface area (Å²) in [7, 11) is 7.84. The quantitative estimate of drug-likeness (QED) is 0.235. The molecule has 0 spiro atoms. The topological polar surface area (TPSA) is 91.1 Å². The molecule has 10 heteroatoms. The summed E-state index contributed by atoms with van der Waals surface area (Å²) in [6.07, 6.45) is 12.4. The SMILES string of the molecule is Cn1cc[n+](C)c1/N=N/c1ccc(NC2CCCC(Nc3ccc(/N=N/c4n(C)cc[n+]4C)cc3)C2)cc1. The summed E-state index contributed by atoms with van der Waals surface area (Å²) in [5.41, 5.74) is 3.89. The van der Waals surface area contributed by atoms with Gasteiger partial charge in [-0.15, -0.1) is 0 Å². The maximum absolute atomic E-state index is 4.39. The van der Waals surface area contributed by atoms with Crippen LogP contribution in [0, 0.1) is 0 Å². The Morgan fingerprint density at radius 1 is 0.658 bits per heavy atom. The third kappa shape index (κ3) is 6.13. The maximum Gasteiger partial charge on any atom is 0.421 e. The average Bonchev–Trinajstić information content (AvgIpc) is 3.42. The summed E-state index contributed by atoms with van der Waals surface area (Å²) in [5.74, 6) is 1.60. The minimum absolute atomic E-state index is 0.426. The molecular weight excluding hydrogens is 476 g/mol. The second-order valence-electron chi connectivity index (χ2n) is 9.98. The van der Waals surface area contributed by atoms with Crippen molar-refractivity contribution in [1.29, 1.82) is 0 Å². The number of imidazole rings is 2. The summed E-state index contributed by atoms with van der Waals surface area (Å²) < 4.78 is 7.77. The summed E-state index contributed by atoms with van der Waals surface area (Å²) in [5, 5.41) is 24.9. The van der Waals surface area contributed by atoms with Crippen molar-refractivity contribution in [2.24, 2.45) is 48.6 Å². The van der Waals surface area contributed by atoms with E-state index >= 15 is 0 Å². The lowest BCUT2D eigenvalue weighted by Gasteiger charge is -2.31. The van der Waals surface area contributed by atoms with Gasteiger partial charge in [-0.05, 0) is 74.2 Å². The molecule has 2 aromatic carbocycles. The number of azo groups is 2. The summed E-state index contributed by atoms with van der Waals surface area (Å²) in [4.78, 5) is 0. The second kappa shape index (κ2) is 11.4. The van der Waals surface area contributed by atoms with Crippen molar-refractivity contribution in [3.63, 3.8) is 0 Å². The van der Waals surface area contributed by atoms with E-state index in [9.17, 15) is 0 Å². The van der Waals surface area contributed by atoms with Crippen LogP contribution in [0.15, 0.2) is 93.8 Å². The molecule has 38 heavy (non-hydrogen) atoms. The molecule has 1 aliphatic carbocycles. The Bertz CT molecular complexity index is 1270. The molecule has 0 saturated heterocycles. The van der Waals surface area contributed by atoms with Crippen LogP contribution in [0.5, 0.6) is 0 Å². The molecule has 2 heterocycles. The van der Waals surface area contributed by atoms with Gasteiger partial charge in [-0.1, -0.05) is 10.2 Å². The fourth-order valence-corrected chi connectivity index (χ4v) is 4.82. The number of rotatable bonds is 8. The summed E-state index contributed by atoms with van der Waals surface area (Å²) in [6, 6.07) is 17.2. The molecule has 2 N–H and O–H groups in total. The van der Waals surface area contributed by atoms with E-state index in [2.05, 4.69) is 55.4 Å². The largest absolute Gasteiger partial charge is 0.421 e. The molecule has 2 atom stereocenters. The summed E-state index contributed by atoms with van der Waals surface area (Å²) in [6.45, 7) is 0. The number of nitrogens with zero attached hydrogens (tertiary/aromatic N) is 8. The van der Waals surface area contributed by atoms with E-state index in [1.54, 1.807) is 0 Å². The van der Waals surface area contributed by atoms with Gasteiger partial charge in [-0.25, -0.2) is 18.3 Å². The van der Waals surface area contributed by atoms with Crippen LogP contribution in [0.3, 0.4) is 0 Å². The lowest BCUT2D eigenvalue weighted by molar-refractivity contribution is -0.657. The van der Waals surface area contributed by atoms with Gasteiger partial charge in [0.05, 0.1) is 53.0 Å². The molecule has 2 aromatic heterocycles. The predicted molar refractivity (Wildman–Crippen MR) is 148 cm³/mol. The van der Waals surface area contributed by atoms with Crippen LogP contribution in [0.4, 0.5) is 34.6 Å². The van der Waals surface area contributed by atoms with Crippen molar-refractivity contribution in [1.82, 2.24) is 9.13 Å². The third-order valence-corrected chi connectivity index (χ3v) is 6.95. The molecule has 1 saturated carbocycles. The smallest absolute Gasteiger partial charge is 0.382 e. The highest BCUT2D eigenvalue weighted by Gasteiger charge is 2.22. The number of nitrogens with one attached hydrogen (secondary N) is 2. The first kappa shape index (κ1) is 25.3. The van der Waals surface area contributed by atoms with Crippen molar-refractivity contribution in [3.05, 3.63) is 73.3 Å². The first-order chi connectivity index (χ1) is 18.4. The zero-order valence-electron chi connectivity index (χ0n) is 22.5. The van der Waals surface area contributed by atoms with E-state index in [4.69, 9.17) is 0 Å². The van der Waals surface area contributed by atoms with Crippen molar-refractivity contribution in [2.75, 3.05) is 10.6 Å². The Morgan fingerprint density at radius 2 is 1.08 bits per heavy atom. The van der Waals surface area contributed by atoms with Crippen LogP contribution in [-0.2, 0) is 28.2 Å². The van der Waals surface area contributed by atoms with Crippen LogP contribution in [-0.4, -0.2) is 21.2 Å². The van der Waals surface area contributed by atoms with Gasteiger partial charge < -0.3 is 10.6 Å². The Labute approximate surface area is 223 Å². The van der Waals surface area contributed by atoms with Gasteiger partial charge in [-0.2, -0.15) is 0 Å². The average molecular weight is 513 g/mol. The number of benzene rings is 2. The van der Waals surface area contributed by atoms with Crippen LogP contribution in [0.1, 0.15) is 25.7 Å². The number of hydrogen-bond acceptors (Lipinski definition) is 6. The number of aromatic nitrogens is 4. The van der Waals surface area contributed by atoms with Gasteiger partial charge in [0.2, 0.25) is 0 Å². The van der Waals surface area contributed by atoms with Gasteiger partial charge in [0, 0.05) is 33.7 Å². The predicted octanol–water partition coefficient (Wildman–Crippen LogP) is 5.68. The maximum atomic E-state index is 4.39. The molecular formula is C28H36N10+2. The zero-order chi connectivity index (χ0) is 26.5. The molecule has 10 nitrogen and oxygen atoms in total. The fourth-order valence-electron chi connectivity index (χ4n) is 4.82. The lowest BCUT2D eigenvalue weighted by Crippen LogP contribution is -2.34. The third-order valence-electron chi connectivity index (χ3n) is 6.95. The van der Waals surface area contributed by atoms with E-state index in [1.165, 1.54) is 19.3 Å². The minimum Gasteiger partial charge on any atom is -0.382 e. The molecule has 0 amide bonds. The monoisotopic (exact) mass is 512 g/mol. The Hall–Kier alpha value is -4.34. The summed E-state index contributed by atoms with van der Waals surface area (Å²) >= 11 is 0. The van der Waals surface area contributed by atoms with Crippen LogP contribution < -0.4 is 19.8 Å². The van der Waals surface area contributed by atoms with Gasteiger partial charge >= 0.3 is 11.9 Å². The highest BCUT2D eigenvalue weighted by atomic mass is 15.3. The second-order valence-corrected chi connectivity index (χ2v) is 9.98. The first-order valence-electron chi connectivity index (χ1n) is 13.0. The van der Waals surface area contributed by atoms with E-state index in [1.807, 2.05) is 95.5 Å².